The summed E-state index contributed by atoms with van der Waals surface area (Å²) in [6.45, 7) is 6.39. The van der Waals surface area contributed by atoms with Crippen LogP contribution in [0.15, 0.2) is 55.0 Å². The van der Waals surface area contributed by atoms with Gasteiger partial charge in [0.25, 0.3) is 0 Å². The van der Waals surface area contributed by atoms with Crippen molar-refractivity contribution in [3.05, 3.63) is 55.0 Å². The van der Waals surface area contributed by atoms with Gasteiger partial charge in [0.05, 0.1) is 33.9 Å². The molecule has 5 aliphatic rings. The zero-order chi connectivity index (χ0) is 19.8. The quantitative estimate of drug-likeness (QED) is 0.295. The average Bonchev–Trinajstić information content (AvgIpc) is 3.43. The summed E-state index contributed by atoms with van der Waals surface area (Å²) in [6.07, 6.45) is 4.82. The summed E-state index contributed by atoms with van der Waals surface area (Å²) in [7, 11) is 0. The summed E-state index contributed by atoms with van der Waals surface area (Å²) in [6, 6.07) is 0. The van der Waals surface area contributed by atoms with E-state index in [-0.39, 0.29) is 0 Å². The Morgan fingerprint density at radius 3 is 1.52 bits per heavy atom. The van der Waals surface area contributed by atoms with Crippen molar-refractivity contribution in [1.29, 1.82) is 0 Å². The molecule has 0 radical (unpaired) electrons. The third kappa shape index (κ3) is 5.66. The van der Waals surface area contributed by atoms with Crippen LogP contribution in [0.25, 0.3) is 0 Å². The second kappa shape index (κ2) is 10.9. The number of unbranched alkanes of at least 4 members (excludes halogenated alkanes) is 1. The van der Waals surface area contributed by atoms with Gasteiger partial charge in [-0.25, -0.2) is 0 Å². The monoisotopic (exact) mass is 602 g/mol. The predicted molar refractivity (Wildman–Crippen MR) is 161 cm³/mol. The highest BCUT2D eigenvalue weighted by atomic mass is 32.3. The molecule has 5 rings (SSSR count). The van der Waals surface area contributed by atoms with Crippen LogP contribution in [0, 0.1) is 0 Å². The van der Waals surface area contributed by atoms with Gasteiger partial charge in [-0.2, -0.15) is 0 Å². The van der Waals surface area contributed by atoms with Crippen molar-refractivity contribution in [3.63, 3.8) is 0 Å². The average molecular weight is 603 g/mol. The van der Waals surface area contributed by atoms with Crippen LogP contribution in [0.3, 0.4) is 0 Å². The van der Waals surface area contributed by atoms with Gasteiger partial charge in [0.15, 0.2) is 0 Å². The van der Waals surface area contributed by atoms with E-state index in [1.54, 1.807) is 0 Å². The zero-order valence-electron chi connectivity index (χ0n) is 15.0. The van der Waals surface area contributed by atoms with Gasteiger partial charge in [0, 0.05) is 18.6 Å². The van der Waals surface area contributed by atoms with Crippen molar-refractivity contribution in [1.82, 2.24) is 0 Å². The summed E-state index contributed by atoms with van der Waals surface area (Å²) in [5, 5.41) is 2.17. The normalized spacial score (nSPS) is 25.3. The van der Waals surface area contributed by atoms with Gasteiger partial charge >= 0.3 is 0 Å². The van der Waals surface area contributed by atoms with E-state index in [0.29, 0.717) is 0 Å². The Kier molecular flexibility index (Phi) is 8.81. The molecule has 5 heterocycles. The second-order valence-electron chi connectivity index (χ2n) is 5.61. The predicted octanol–water partition coefficient (Wildman–Crippen LogP) is 11.4. The lowest BCUT2D eigenvalue weighted by Crippen LogP contribution is -1.80. The Morgan fingerprint density at radius 2 is 1.03 bits per heavy atom. The maximum atomic E-state index is 4.14. The largest absolute Gasteiger partial charge is 0.106 e. The molecular weight excluding hydrogens is 589 g/mol. The minimum absolute atomic E-state index is 1.09. The first-order chi connectivity index (χ1) is 14.2. The van der Waals surface area contributed by atoms with Crippen molar-refractivity contribution in [2.75, 3.05) is 10.2 Å². The topological polar surface area (TPSA) is 0 Å². The van der Waals surface area contributed by atoms with Crippen LogP contribution in [0.5, 0.6) is 0 Å². The van der Waals surface area contributed by atoms with Crippen LogP contribution in [0.2, 0.25) is 0 Å². The number of rotatable bonds is 2. The minimum Gasteiger partial charge on any atom is -0.106 e. The summed E-state index contributed by atoms with van der Waals surface area (Å²) in [5.74, 6) is 0. The number of hydrogen-bond acceptors (Lipinski definition) is 12. The van der Waals surface area contributed by atoms with E-state index in [1.807, 2.05) is 141 Å². The van der Waals surface area contributed by atoms with Gasteiger partial charge in [-0.3, -0.25) is 0 Å². The molecule has 0 saturated heterocycles. The van der Waals surface area contributed by atoms with Gasteiger partial charge in [-0.15, -0.1) is 47.0 Å². The molecule has 0 N–H and O–H groups in total. The standard InChI is InChI=1S/C17H14S12/c1-3-4-5-9-24-14-15(25-9)29-17(28-14)16-26-12-13(27-16)21-7-19-11-10(18-6-20-12)22-8(2)23-11/h5H,2-4,6-7H2,1H3. The Morgan fingerprint density at radius 1 is 0.621 bits per heavy atom. The number of hydrogen-bond donors (Lipinski definition) is 0. The Bertz CT molecular complexity index is 845. The summed E-state index contributed by atoms with van der Waals surface area (Å²) >= 11 is 23.7. The van der Waals surface area contributed by atoms with Crippen LogP contribution in [-0.4, -0.2) is 10.2 Å². The van der Waals surface area contributed by atoms with E-state index < -0.39 is 0 Å². The molecule has 0 amide bonds. The van der Waals surface area contributed by atoms with Crippen LogP contribution in [0.1, 0.15) is 19.8 Å². The van der Waals surface area contributed by atoms with Gasteiger partial charge in [-0.05, 0) is 6.42 Å². The van der Waals surface area contributed by atoms with Crippen molar-refractivity contribution < 1.29 is 0 Å². The molecule has 0 nitrogen and oxygen atoms in total. The molecule has 0 aromatic carbocycles. The fraction of sp³-hybridized carbons (Fsp3) is 0.294. The molecule has 0 unspecified atom stereocenters. The first kappa shape index (κ1) is 23.4. The Labute approximate surface area is 223 Å². The molecule has 0 aromatic rings. The van der Waals surface area contributed by atoms with Gasteiger partial charge < -0.3 is 0 Å². The lowest BCUT2D eigenvalue weighted by Gasteiger charge is -2.09. The summed E-state index contributed by atoms with van der Waals surface area (Å²) in [4.78, 5) is 0. The van der Waals surface area contributed by atoms with Crippen molar-refractivity contribution >= 4 is 141 Å². The molecule has 0 aromatic heterocycles. The van der Waals surface area contributed by atoms with Crippen molar-refractivity contribution in [3.8, 4) is 0 Å². The molecule has 0 atom stereocenters. The van der Waals surface area contributed by atoms with E-state index in [1.165, 1.54) is 55.2 Å². The molecule has 0 fully saturated rings. The van der Waals surface area contributed by atoms with Crippen LogP contribution < -0.4 is 0 Å². The molecule has 5 aliphatic heterocycles. The molecule has 0 bridgehead atoms. The second-order valence-corrected chi connectivity index (χ2v) is 21.3. The molecule has 0 saturated carbocycles. The number of allylic oxidation sites excluding steroid dienone is 1. The molecule has 154 valence electrons. The van der Waals surface area contributed by atoms with Crippen molar-refractivity contribution in [2.45, 2.75) is 19.8 Å². The van der Waals surface area contributed by atoms with E-state index in [2.05, 4.69) is 19.6 Å². The third-order valence-electron chi connectivity index (χ3n) is 3.57. The highest BCUT2D eigenvalue weighted by Gasteiger charge is 2.35. The molecule has 12 heteroatoms. The van der Waals surface area contributed by atoms with Gasteiger partial charge in [-0.1, -0.05) is 120 Å². The van der Waals surface area contributed by atoms with Gasteiger partial charge in [0.2, 0.25) is 0 Å². The SMILES string of the molecule is C=C1SC2=C(SCSC3=C(SCS2)SC(=C2SC4=C(SC(=CCCC)S4)S2)S3)S1. The van der Waals surface area contributed by atoms with Gasteiger partial charge in [0.1, 0.15) is 0 Å². The first-order valence-electron chi connectivity index (χ1n) is 8.49. The smallest absolute Gasteiger partial charge is 0.0718 e. The van der Waals surface area contributed by atoms with Crippen LogP contribution >= 0.6 is 141 Å². The van der Waals surface area contributed by atoms with Crippen LogP contribution in [0.4, 0.5) is 0 Å². The lowest BCUT2D eigenvalue weighted by atomic mass is 10.3. The minimum atomic E-state index is 1.09. The number of thioether (sulfide) groups is 12. The summed E-state index contributed by atoms with van der Waals surface area (Å²) in [5.41, 5.74) is 0. The fourth-order valence-electron chi connectivity index (χ4n) is 2.32. The summed E-state index contributed by atoms with van der Waals surface area (Å²) < 4.78 is 14.6. The Balaban J connectivity index is 1.22. The molecule has 0 aliphatic carbocycles. The van der Waals surface area contributed by atoms with Crippen molar-refractivity contribution in [2.24, 2.45) is 0 Å². The van der Waals surface area contributed by atoms with E-state index in [0.717, 1.165) is 10.2 Å². The third-order valence-corrected chi connectivity index (χ3v) is 20.7. The zero-order valence-corrected chi connectivity index (χ0v) is 24.8. The maximum absolute atomic E-state index is 4.14. The molecule has 0 spiro atoms. The van der Waals surface area contributed by atoms with E-state index >= 15 is 0 Å². The van der Waals surface area contributed by atoms with E-state index in [9.17, 15) is 0 Å². The highest BCUT2D eigenvalue weighted by Crippen LogP contribution is 2.71. The fourth-order valence-corrected chi connectivity index (χ4v) is 21.3. The first-order valence-corrected chi connectivity index (χ1v) is 19.0. The molecule has 29 heavy (non-hydrogen) atoms. The lowest BCUT2D eigenvalue weighted by molar-refractivity contribution is 0.959. The maximum Gasteiger partial charge on any atom is 0.0718 e. The highest BCUT2D eigenvalue weighted by molar-refractivity contribution is 8.50. The van der Waals surface area contributed by atoms with Crippen LogP contribution in [-0.2, 0) is 0 Å². The van der Waals surface area contributed by atoms with E-state index in [4.69, 9.17) is 0 Å². The Hall–Kier alpha value is 2.64. The molecular formula is C17H14S12.